The summed E-state index contributed by atoms with van der Waals surface area (Å²) in [6.07, 6.45) is 6.80. The summed E-state index contributed by atoms with van der Waals surface area (Å²) in [4.78, 5) is 8.68. The minimum Gasteiger partial charge on any atom is -0.441 e. The van der Waals surface area contributed by atoms with E-state index >= 15 is 0 Å². The van der Waals surface area contributed by atoms with Gasteiger partial charge in [0.15, 0.2) is 11.7 Å². The highest BCUT2D eigenvalue weighted by molar-refractivity contribution is 7.13. The summed E-state index contributed by atoms with van der Waals surface area (Å²) >= 11 is 1.64. The molecule has 0 bridgehead atoms. The largest absolute Gasteiger partial charge is 0.441 e. The molecule has 0 fully saturated rings. The van der Waals surface area contributed by atoms with Crippen molar-refractivity contribution in [1.82, 2.24) is 9.97 Å². The standard InChI is InChI=1S/C16H16N2OS/c1-2-3-7-15-18-11-14(19-15)12-5-4-6-13(10-12)16-17-8-9-20-16/h4-6,8-11H,2-3,7H2,1H3. The fourth-order valence-corrected chi connectivity index (χ4v) is 2.69. The Morgan fingerprint density at radius 1 is 1.20 bits per heavy atom. The maximum absolute atomic E-state index is 5.82. The van der Waals surface area contributed by atoms with Crippen molar-refractivity contribution in [3.05, 3.63) is 47.9 Å². The van der Waals surface area contributed by atoms with E-state index in [1.54, 1.807) is 11.3 Å². The van der Waals surface area contributed by atoms with Crippen molar-refractivity contribution in [3.63, 3.8) is 0 Å². The Balaban J connectivity index is 1.87. The van der Waals surface area contributed by atoms with E-state index in [9.17, 15) is 0 Å². The van der Waals surface area contributed by atoms with Crippen LogP contribution in [0.4, 0.5) is 0 Å². The second-order valence-electron chi connectivity index (χ2n) is 4.64. The van der Waals surface area contributed by atoms with Crippen molar-refractivity contribution < 1.29 is 4.42 Å². The Morgan fingerprint density at radius 3 is 2.90 bits per heavy atom. The van der Waals surface area contributed by atoms with Crippen LogP contribution in [0, 0.1) is 0 Å². The lowest BCUT2D eigenvalue weighted by atomic mass is 10.1. The van der Waals surface area contributed by atoms with Crippen molar-refractivity contribution in [2.24, 2.45) is 0 Å². The third-order valence-electron chi connectivity index (χ3n) is 3.12. The van der Waals surface area contributed by atoms with Crippen LogP contribution in [-0.2, 0) is 6.42 Å². The van der Waals surface area contributed by atoms with Crippen LogP contribution in [-0.4, -0.2) is 9.97 Å². The molecule has 4 heteroatoms. The van der Waals surface area contributed by atoms with Gasteiger partial charge in [-0.1, -0.05) is 31.5 Å². The Hall–Kier alpha value is -1.94. The monoisotopic (exact) mass is 284 g/mol. The van der Waals surface area contributed by atoms with Crippen molar-refractivity contribution >= 4 is 11.3 Å². The summed E-state index contributed by atoms with van der Waals surface area (Å²) in [7, 11) is 0. The van der Waals surface area contributed by atoms with E-state index in [0.717, 1.165) is 47.0 Å². The lowest BCUT2D eigenvalue weighted by Gasteiger charge is -2.00. The molecule has 1 aromatic carbocycles. The van der Waals surface area contributed by atoms with Gasteiger partial charge < -0.3 is 4.42 Å². The van der Waals surface area contributed by atoms with E-state index in [0.29, 0.717) is 0 Å². The molecule has 0 spiro atoms. The number of unbranched alkanes of at least 4 members (excludes halogenated alkanes) is 1. The summed E-state index contributed by atoms with van der Waals surface area (Å²) in [5.74, 6) is 1.65. The maximum Gasteiger partial charge on any atom is 0.194 e. The summed E-state index contributed by atoms with van der Waals surface area (Å²) < 4.78 is 5.82. The van der Waals surface area contributed by atoms with Gasteiger partial charge in [0.2, 0.25) is 0 Å². The number of aryl methyl sites for hydroxylation is 1. The van der Waals surface area contributed by atoms with E-state index in [1.165, 1.54) is 0 Å². The summed E-state index contributed by atoms with van der Waals surface area (Å²) in [6, 6.07) is 8.24. The fourth-order valence-electron chi connectivity index (χ4n) is 2.06. The minimum absolute atomic E-state index is 0.821. The summed E-state index contributed by atoms with van der Waals surface area (Å²) in [5, 5.41) is 3.01. The zero-order valence-electron chi connectivity index (χ0n) is 11.4. The fraction of sp³-hybridized carbons (Fsp3) is 0.250. The van der Waals surface area contributed by atoms with Crippen LogP contribution in [0.5, 0.6) is 0 Å². The molecule has 0 aliphatic rings. The van der Waals surface area contributed by atoms with E-state index < -0.39 is 0 Å². The summed E-state index contributed by atoms with van der Waals surface area (Å²) in [5.41, 5.74) is 2.16. The van der Waals surface area contributed by atoms with Crippen LogP contribution in [0.25, 0.3) is 21.9 Å². The van der Waals surface area contributed by atoms with E-state index in [2.05, 4.69) is 29.0 Å². The van der Waals surface area contributed by atoms with Crippen LogP contribution in [0.2, 0.25) is 0 Å². The second kappa shape index (κ2) is 6.01. The average molecular weight is 284 g/mol. The van der Waals surface area contributed by atoms with Crippen molar-refractivity contribution in [2.75, 3.05) is 0 Å². The third-order valence-corrected chi connectivity index (χ3v) is 3.95. The predicted octanol–water partition coefficient (Wildman–Crippen LogP) is 4.81. The molecule has 20 heavy (non-hydrogen) atoms. The second-order valence-corrected chi connectivity index (χ2v) is 5.53. The van der Waals surface area contributed by atoms with Gasteiger partial charge in [0.25, 0.3) is 0 Å². The minimum atomic E-state index is 0.821. The zero-order valence-corrected chi connectivity index (χ0v) is 12.2. The predicted molar refractivity (Wildman–Crippen MR) is 81.7 cm³/mol. The van der Waals surface area contributed by atoms with Gasteiger partial charge >= 0.3 is 0 Å². The molecule has 102 valence electrons. The smallest absolute Gasteiger partial charge is 0.194 e. The molecule has 2 aromatic heterocycles. The molecule has 0 radical (unpaired) electrons. The van der Waals surface area contributed by atoms with Gasteiger partial charge in [0, 0.05) is 29.1 Å². The first-order valence-corrected chi connectivity index (χ1v) is 7.70. The van der Waals surface area contributed by atoms with Crippen LogP contribution in [0.3, 0.4) is 0 Å². The van der Waals surface area contributed by atoms with E-state index in [-0.39, 0.29) is 0 Å². The molecule has 0 aliphatic carbocycles. The molecular formula is C16H16N2OS. The lowest BCUT2D eigenvalue weighted by molar-refractivity contribution is 0.496. The molecule has 0 saturated heterocycles. The Morgan fingerprint density at radius 2 is 2.10 bits per heavy atom. The highest BCUT2D eigenvalue weighted by Gasteiger charge is 2.08. The highest BCUT2D eigenvalue weighted by Crippen LogP contribution is 2.28. The van der Waals surface area contributed by atoms with Crippen molar-refractivity contribution in [3.8, 4) is 21.9 Å². The third kappa shape index (κ3) is 2.80. The Labute approximate surface area is 122 Å². The van der Waals surface area contributed by atoms with E-state index in [1.807, 2.05) is 29.9 Å². The first-order valence-electron chi connectivity index (χ1n) is 6.82. The number of thiazole rings is 1. The van der Waals surface area contributed by atoms with Gasteiger partial charge in [-0.3, -0.25) is 0 Å². The number of hydrogen-bond acceptors (Lipinski definition) is 4. The molecule has 2 heterocycles. The number of oxazole rings is 1. The first kappa shape index (κ1) is 13.1. The first-order chi connectivity index (χ1) is 9.86. The number of rotatable bonds is 5. The average Bonchev–Trinajstić information content (AvgIpc) is 3.17. The molecule has 0 N–H and O–H groups in total. The highest BCUT2D eigenvalue weighted by atomic mass is 32.1. The molecule has 3 nitrogen and oxygen atoms in total. The van der Waals surface area contributed by atoms with Crippen molar-refractivity contribution in [1.29, 1.82) is 0 Å². The SMILES string of the molecule is CCCCc1ncc(-c2cccc(-c3nccs3)c2)o1. The van der Waals surface area contributed by atoms with Gasteiger partial charge in [-0.05, 0) is 12.5 Å². The lowest BCUT2D eigenvalue weighted by Crippen LogP contribution is -1.82. The summed E-state index contributed by atoms with van der Waals surface area (Å²) in [6.45, 7) is 2.17. The van der Waals surface area contributed by atoms with Gasteiger partial charge in [-0.2, -0.15) is 0 Å². The maximum atomic E-state index is 5.82. The number of aromatic nitrogens is 2. The normalized spacial score (nSPS) is 10.8. The van der Waals surface area contributed by atoms with Gasteiger partial charge in [-0.15, -0.1) is 11.3 Å². The Kier molecular flexibility index (Phi) is 3.92. The molecule has 3 rings (SSSR count). The van der Waals surface area contributed by atoms with Crippen LogP contribution < -0.4 is 0 Å². The number of benzene rings is 1. The van der Waals surface area contributed by atoms with Crippen molar-refractivity contribution in [2.45, 2.75) is 26.2 Å². The number of hydrogen-bond donors (Lipinski definition) is 0. The molecule has 0 saturated carbocycles. The molecule has 0 amide bonds. The number of nitrogens with zero attached hydrogens (tertiary/aromatic N) is 2. The molecule has 0 unspecified atom stereocenters. The van der Waals surface area contributed by atoms with E-state index in [4.69, 9.17) is 4.42 Å². The Bertz CT molecular complexity index is 673. The zero-order chi connectivity index (χ0) is 13.8. The van der Waals surface area contributed by atoms with Gasteiger partial charge in [0.1, 0.15) is 5.01 Å². The topological polar surface area (TPSA) is 38.9 Å². The van der Waals surface area contributed by atoms with Gasteiger partial charge in [0.05, 0.1) is 6.20 Å². The quantitative estimate of drug-likeness (QED) is 0.675. The van der Waals surface area contributed by atoms with Gasteiger partial charge in [-0.25, -0.2) is 9.97 Å². The molecule has 0 atom stereocenters. The molecule has 3 aromatic rings. The van der Waals surface area contributed by atoms with Crippen LogP contribution >= 0.6 is 11.3 Å². The molecule has 0 aliphatic heterocycles. The molecular weight excluding hydrogens is 268 g/mol. The van der Waals surface area contributed by atoms with Crippen LogP contribution in [0.1, 0.15) is 25.7 Å². The van der Waals surface area contributed by atoms with Crippen LogP contribution in [0.15, 0.2) is 46.5 Å².